The maximum Gasteiger partial charge on any atom is 0.135 e. The zero-order chi connectivity index (χ0) is 11.0. The van der Waals surface area contributed by atoms with E-state index in [1.54, 1.807) is 7.05 Å². The van der Waals surface area contributed by atoms with Crippen LogP contribution in [-0.2, 0) is 7.05 Å². The molecule has 0 radical (unpaired) electrons. The summed E-state index contributed by atoms with van der Waals surface area (Å²) in [6, 6.07) is 5.11. The Bertz CT molecular complexity index is 466. The average molecular weight is 209 g/mol. The van der Waals surface area contributed by atoms with Crippen molar-refractivity contribution in [1.82, 2.24) is 9.78 Å². The topological polar surface area (TPSA) is 43.8 Å². The molecule has 1 aromatic carbocycles. The molecule has 0 aliphatic heterocycles. The minimum atomic E-state index is -0.645. The van der Waals surface area contributed by atoms with E-state index >= 15 is 0 Å². The lowest BCUT2D eigenvalue weighted by Crippen LogP contribution is -1.97. The molecule has 5 heteroatoms. The maximum absolute atomic E-state index is 13.3. The predicted octanol–water partition coefficient (Wildman–Crippen LogP) is 1.95. The third-order valence-electron chi connectivity index (χ3n) is 2.13. The number of anilines is 1. The Labute approximate surface area is 85.1 Å². The van der Waals surface area contributed by atoms with Crippen LogP contribution in [0.5, 0.6) is 0 Å². The fourth-order valence-corrected chi connectivity index (χ4v) is 1.35. The molecule has 0 saturated carbocycles. The van der Waals surface area contributed by atoms with E-state index in [1.807, 2.05) is 0 Å². The number of halogens is 2. The monoisotopic (exact) mass is 209 g/mol. The molecular weight excluding hydrogens is 200 g/mol. The van der Waals surface area contributed by atoms with Crippen molar-refractivity contribution in [2.45, 2.75) is 0 Å². The molecule has 2 rings (SSSR count). The van der Waals surface area contributed by atoms with Gasteiger partial charge in [0.25, 0.3) is 0 Å². The number of hydrogen-bond donors (Lipinski definition) is 1. The Balaban J connectivity index is 2.63. The van der Waals surface area contributed by atoms with Gasteiger partial charge in [-0.2, -0.15) is 5.10 Å². The Morgan fingerprint density at radius 1 is 1.27 bits per heavy atom. The highest BCUT2D eigenvalue weighted by molar-refractivity contribution is 5.63. The fourth-order valence-electron chi connectivity index (χ4n) is 1.35. The first-order valence-corrected chi connectivity index (χ1v) is 4.33. The highest BCUT2D eigenvalue weighted by Gasteiger charge is 2.14. The van der Waals surface area contributed by atoms with Gasteiger partial charge in [-0.25, -0.2) is 8.78 Å². The van der Waals surface area contributed by atoms with Crippen LogP contribution in [0.3, 0.4) is 0 Å². The normalized spacial score (nSPS) is 10.6. The molecule has 0 aliphatic carbocycles. The molecule has 78 valence electrons. The Morgan fingerprint density at radius 3 is 2.33 bits per heavy atom. The molecule has 0 fully saturated rings. The quantitative estimate of drug-likeness (QED) is 0.780. The first kappa shape index (κ1) is 9.64. The number of nitrogens with two attached hydrogens (primary N) is 1. The van der Waals surface area contributed by atoms with Gasteiger partial charge in [0.2, 0.25) is 0 Å². The molecule has 0 atom stereocenters. The molecule has 0 saturated heterocycles. The van der Waals surface area contributed by atoms with Crippen LogP contribution in [0.25, 0.3) is 11.3 Å². The third-order valence-corrected chi connectivity index (χ3v) is 2.13. The second kappa shape index (κ2) is 3.34. The molecule has 0 bridgehead atoms. The minimum absolute atomic E-state index is 0.148. The highest BCUT2D eigenvalue weighted by Crippen LogP contribution is 2.25. The molecule has 3 nitrogen and oxygen atoms in total. The van der Waals surface area contributed by atoms with Gasteiger partial charge in [0.1, 0.15) is 23.1 Å². The summed E-state index contributed by atoms with van der Waals surface area (Å²) in [5.41, 5.74) is 5.58. The number of aryl methyl sites for hydroxylation is 1. The number of aromatic nitrogens is 2. The summed E-state index contributed by atoms with van der Waals surface area (Å²) < 4.78 is 28.1. The van der Waals surface area contributed by atoms with Gasteiger partial charge in [0, 0.05) is 13.1 Å². The van der Waals surface area contributed by atoms with Crippen LogP contribution in [0.2, 0.25) is 0 Å². The predicted molar refractivity (Wildman–Crippen MR) is 53.0 cm³/mol. The standard InChI is InChI=1S/C10H9F2N3/c1-15-9(13)5-8(14-15)10-6(11)3-2-4-7(10)12/h2-5H,13H2,1H3. The number of hydrogen-bond acceptors (Lipinski definition) is 2. The summed E-state index contributed by atoms with van der Waals surface area (Å²) in [4.78, 5) is 0. The molecule has 15 heavy (non-hydrogen) atoms. The number of rotatable bonds is 1. The Kier molecular flexibility index (Phi) is 2.15. The van der Waals surface area contributed by atoms with Crippen molar-refractivity contribution in [2.24, 2.45) is 7.05 Å². The van der Waals surface area contributed by atoms with Crippen LogP contribution < -0.4 is 5.73 Å². The average Bonchev–Trinajstić information content (AvgIpc) is 2.46. The lowest BCUT2D eigenvalue weighted by molar-refractivity contribution is 0.588. The zero-order valence-electron chi connectivity index (χ0n) is 8.04. The van der Waals surface area contributed by atoms with Crippen LogP contribution in [0.15, 0.2) is 24.3 Å². The highest BCUT2D eigenvalue weighted by atomic mass is 19.1. The van der Waals surface area contributed by atoms with Gasteiger partial charge in [0.05, 0.1) is 5.56 Å². The first-order chi connectivity index (χ1) is 7.09. The van der Waals surface area contributed by atoms with E-state index in [-0.39, 0.29) is 11.3 Å². The van der Waals surface area contributed by atoms with E-state index in [2.05, 4.69) is 5.10 Å². The van der Waals surface area contributed by atoms with Gasteiger partial charge in [0.15, 0.2) is 0 Å². The lowest BCUT2D eigenvalue weighted by atomic mass is 10.1. The molecule has 0 amide bonds. The smallest absolute Gasteiger partial charge is 0.135 e. The molecule has 1 heterocycles. The second-order valence-electron chi connectivity index (χ2n) is 3.17. The largest absolute Gasteiger partial charge is 0.384 e. The SMILES string of the molecule is Cn1nc(-c2c(F)cccc2F)cc1N. The zero-order valence-corrected chi connectivity index (χ0v) is 8.04. The second-order valence-corrected chi connectivity index (χ2v) is 3.17. The Hall–Kier alpha value is -1.91. The summed E-state index contributed by atoms with van der Waals surface area (Å²) in [6.07, 6.45) is 0. The Morgan fingerprint density at radius 2 is 1.87 bits per heavy atom. The van der Waals surface area contributed by atoms with E-state index in [1.165, 1.54) is 28.9 Å². The van der Waals surface area contributed by atoms with Crippen molar-refractivity contribution in [2.75, 3.05) is 5.73 Å². The van der Waals surface area contributed by atoms with Gasteiger partial charge in [-0.05, 0) is 12.1 Å². The molecular formula is C10H9F2N3. The summed E-state index contributed by atoms with van der Waals surface area (Å²) in [5.74, 6) is -0.936. The molecule has 2 aromatic rings. The lowest BCUT2D eigenvalue weighted by Gasteiger charge is -1.99. The van der Waals surface area contributed by atoms with Crippen LogP contribution in [0.4, 0.5) is 14.6 Å². The van der Waals surface area contributed by atoms with Gasteiger partial charge in [-0.3, -0.25) is 4.68 Å². The molecule has 0 aliphatic rings. The summed E-state index contributed by atoms with van der Waals surface area (Å²) in [5, 5.41) is 3.91. The van der Waals surface area contributed by atoms with E-state index in [0.717, 1.165) is 0 Å². The van der Waals surface area contributed by atoms with Crippen molar-refractivity contribution >= 4 is 5.82 Å². The molecule has 1 aromatic heterocycles. The van der Waals surface area contributed by atoms with E-state index in [0.29, 0.717) is 5.82 Å². The first-order valence-electron chi connectivity index (χ1n) is 4.33. The van der Waals surface area contributed by atoms with Crippen LogP contribution in [0, 0.1) is 11.6 Å². The minimum Gasteiger partial charge on any atom is -0.384 e. The summed E-state index contributed by atoms with van der Waals surface area (Å²) in [7, 11) is 1.61. The molecule has 0 unspecified atom stereocenters. The van der Waals surface area contributed by atoms with Crippen molar-refractivity contribution in [3.05, 3.63) is 35.9 Å². The summed E-state index contributed by atoms with van der Waals surface area (Å²) >= 11 is 0. The van der Waals surface area contributed by atoms with Crippen molar-refractivity contribution < 1.29 is 8.78 Å². The third kappa shape index (κ3) is 1.56. The summed E-state index contributed by atoms with van der Waals surface area (Å²) in [6.45, 7) is 0. The van der Waals surface area contributed by atoms with Crippen LogP contribution in [-0.4, -0.2) is 9.78 Å². The van der Waals surface area contributed by atoms with E-state index in [4.69, 9.17) is 5.73 Å². The fraction of sp³-hybridized carbons (Fsp3) is 0.100. The molecule has 0 spiro atoms. The van der Waals surface area contributed by atoms with E-state index in [9.17, 15) is 8.78 Å². The van der Waals surface area contributed by atoms with Crippen molar-refractivity contribution in [3.63, 3.8) is 0 Å². The maximum atomic E-state index is 13.3. The number of benzene rings is 1. The van der Waals surface area contributed by atoms with Crippen molar-refractivity contribution in [3.8, 4) is 11.3 Å². The van der Waals surface area contributed by atoms with Gasteiger partial charge in [-0.1, -0.05) is 6.07 Å². The number of nitrogens with zero attached hydrogens (tertiary/aromatic N) is 2. The van der Waals surface area contributed by atoms with Gasteiger partial charge in [-0.15, -0.1) is 0 Å². The number of nitrogen functional groups attached to an aromatic ring is 1. The van der Waals surface area contributed by atoms with Crippen molar-refractivity contribution in [1.29, 1.82) is 0 Å². The van der Waals surface area contributed by atoms with Gasteiger partial charge < -0.3 is 5.73 Å². The molecule has 2 N–H and O–H groups in total. The van der Waals surface area contributed by atoms with Gasteiger partial charge >= 0.3 is 0 Å². The van der Waals surface area contributed by atoms with Crippen LogP contribution in [0.1, 0.15) is 0 Å². The van der Waals surface area contributed by atoms with Crippen LogP contribution >= 0.6 is 0 Å². The van der Waals surface area contributed by atoms with E-state index < -0.39 is 11.6 Å².